The van der Waals surface area contributed by atoms with Crippen molar-refractivity contribution in [3.05, 3.63) is 48.0 Å². The summed E-state index contributed by atoms with van der Waals surface area (Å²) in [5.41, 5.74) is 2.31. The summed E-state index contributed by atoms with van der Waals surface area (Å²) in [4.78, 5) is 31.7. The minimum atomic E-state index is -0.509. The van der Waals surface area contributed by atoms with Crippen LogP contribution in [-0.2, 0) is 27.4 Å². The second-order valence-corrected chi connectivity index (χ2v) is 6.43. The smallest absolute Gasteiger partial charge is 0.345 e. The lowest BCUT2D eigenvalue weighted by atomic mass is 10.1. The van der Waals surface area contributed by atoms with Crippen molar-refractivity contribution in [2.24, 2.45) is 0 Å². The van der Waals surface area contributed by atoms with E-state index in [4.69, 9.17) is 9.57 Å². The number of ether oxygens (including phenoxy) is 1. The van der Waals surface area contributed by atoms with Gasteiger partial charge in [-0.2, -0.15) is 5.06 Å². The van der Waals surface area contributed by atoms with Gasteiger partial charge in [-0.3, -0.25) is 4.84 Å². The third kappa shape index (κ3) is 3.69. The molecule has 134 valence electrons. The Morgan fingerprint density at radius 2 is 2.20 bits per heavy atom. The predicted octanol–water partition coefficient (Wildman–Crippen LogP) is 2.68. The highest BCUT2D eigenvalue weighted by molar-refractivity contribution is 5.86. The summed E-state index contributed by atoms with van der Waals surface area (Å²) in [6.07, 6.45) is 4.18. The maximum absolute atomic E-state index is 12.4. The summed E-state index contributed by atoms with van der Waals surface area (Å²) < 4.78 is 5.07. The van der Waals surface area contributed by atoms with Gasteiger partial charge in [0.2, 0.25) is 0 Å². The van der Waals surface area contributed by atoms with E-state index in [1.165, 1.54) is 21.6 Å². The zero-order valence-electron chi connectivity index (χ0n) is 14.5. The van der Waals surface area contributed by atoms with Crippen LogP contribution in [0.25, 0.3) is 0 Å². The number of benzene rings is 1. The number of aryl methyl sites for hydroxylation is 1. The summed E-state index contributed by atoms with van der Waals surface area (Å²) in [6.45, 7) is 6.68. The number of carbonyl (C=O) groups is 2. The fourth-order valence-corrected chi connectivity index (χ4v) is 3.41. The van der Waals surface area contributed by atoms with Crippen LogP contribution in [0, 0.1) is 0 Å². The minimum absolute atomic E-state index is 0.104. The van der Waals surface area contributed by atoms with E-state index in [0.717, 1.165) is 18.4 Å². The van der Waals surface area contributed by atoms with E-state index in [-0.39, 0.29) is 24.6 Å². The number of esters is 1. The van der Waals surface area contributed by atoms with Crippen LogP contribution in [-0.4, -0.2) is 47.2 Å². The monoisotopic (exact) mass is 344 g/mol. The van der Waals surface area contributed by atoms with Gasteiger partial charge in [0, 0.05) is 13.0 Å². The van der Waals surface area contributed by atoms with Crippen molar-refractivity contribution < 1.29 is 19.2 Å². The fourth-order valence-electron chi connectivity index (χ4n) is 3.41. The van der Waals surface area contributed by atoms with Gasteiger partial charge in [-0.25, -0.2) is 9.59 Å². The lowest BCUT2D eigenvalue weighted by molar-refractivity contribution is -0.159. The second kappa shape index (κ2) is 7.70. The van der Waals surface area contributed by atoms with Crippen molar-refractivity contribution in [2.45, 2.75) is 44.9 Å². The van der Waals surface area contributed by atoms with Gasteiger partial charge >= 0.3 is 12.0 Å². The van der Waals surface area contributed by atoms with Crippen molar-refractivity contribution >= 4 is 12.0 Å². The molecule has 2 saturated heterocycles. The number of urea groups is 1. The molecule has 0 N–H and O–H groups in total. The molecule has 2 fully saturated rings. The zero-order chi connectivity index (χ0) is 17.8. The van der Waals surface area contributed by atoms with Crippen molar-refractivity contribution in [3.8, 4) is 0 Å². The van der Waals surface area contributed by atoms with Gasteiger partial charge in [-0.1, -0.05) is 50.3 Å². The van der Waals surface area contributed by atoms with Gasteiger partial charge in [0.1, 0.15) is 19.3 Å². The first-order valence-electron chi connectivity index (χ1n) is 8.72. The lowest BCUT2D eigenvalue weighted by Gasteiger charge is -2.30. The molecule has 0 saturated carbocycles. The minimum Gasteiger partial charge on any atom is -0.460 e. The number of nitrogens with zero attached hydrogens (tertiary/aromatic N) is 2. The van der Waals surface area contributed by atoms with Crippen molar-refractivity contribution in [3.63, 3.8) is 0 Å². The van der Waals surface area contributed by atoms with Crippen LogP contribution in [0.1, 0.15) is 30.9 Å². The maximum Gasteiger partial charge on any atom is 0.345 e. The standard InChI is InChI=1S/C19H24N2O4/c1-3-6-14-7-5-8-15(10-14)13-25-21-16-11-17(18(22)24-9-4-2)20(12-16)19(21)23/h4-5,7-8,10,16-17H,2-3,6,9,11-13H2,1H3/t16-,17+/m1/s1. The largest absolute Gasteiger partial charge is 0.460 e. The van der Waals surface area contributed by atoms with Gasteiger partial charge in [0.15, 0.2) is 0 Å². The molecule has 0 radical (unpaired) electrons. The highest BCUT2D eigenvalue weighted by Crippen LogP contribution is 2.32. The van der Waals surface area contributed by atoms with Crippen molar-refractivity contribution in [1.82, 2.24) is 9.96 Å². The quantitative estimate of drug-likeness (QED) is 0.537. The Labute approximate surface area is 147 Å². The molecule has 0 spiro atoms. The third-order valence-corrected chi connectivity index (χ3v) is 4.56. The van der Waals surface area contributed by atoms with Crippen molar-refractivity contribution in [1.29, 1.82) is 0 Å². The molecule has 0 aliphatic carbocycles. The first-order valence-corrected chi connectivity index (χ1v) is 8.72. The first-order chi connectivity index (χ1) is 12.1. The number of carbonyl (C=O) groups excluding carboxylic acids is 2. The number of amides is 2. The highest BCUT2D eigenvalue weighted by Gasteiger charge is 2.52. The fraction of sp³-hybridized carbons (Fsp3) is 0.474. The van der Waals surface area contributed by atoms with E-state index in [1.807, 2.05) is 12.1 Å². The molecule has 2 atom stereocenters. The van der Waals surface area contributed by atoms with Crippen LogP contribution in [0.2, 0.25) is 0 Å². The summed E-state index contributed by atoms with van der Waals surface area (Å²) in [7, 11) is 0. The molecule has 2 heterocycles. The Kier molecular flexibility index (Phi) is 5.38. The van der Waals surface area contributed by atoms with Gasteiger partial charge in [0.25, 0.3) is 0 Å². The SMILES string of the molecule is C=CCOC(=O)[C@@H]1C[C@@H]2CN1C(=O)N2OCc1cccc(CCC)c1. The van der Waals surface area contributed by atoms with E-state index >= 15 is 0 Å². The van der Waals surface area contributed by atoms with Crippen molar-refractivity contribution in [2.75, 3.05) is 13.2 Å². The molecule has 2 bridgehead atoms. The van der Waals surface area contributed by atoms with Crippen LogP contribution in [0.15, 0.2) is 36.9 Å². The summed E-state index contributed by atoms with van der Waals surface area (Å²) in [5, 5.41) is 1.41. The molecular formula is C19H24N2O4. The molecule has 25 heavy (non-hydrogen) atoms. The Balaban J connectivity index is 1.56. The Bertz CT molecular complexity index is 661. The van der Waals surface area contributed by atoms with E-state index in [2.05, 4.69) is 25.6 Å². The van der Waals surface area contributed by atoms with Crippen LogP contribution in [0.4, 0.5) is 4.79 Å². The molecule has 1 aromatic rings. The summed E-state index contributed by atoms with van der Waals surface area (Å²) >= 11 is 0. The predicted molar refractivity (Wildman–Crippen MR) is 92.5 cm³/mol. The Hall–Kier alpha value is -2.34. The molecule has 2 aliphatic heterocycles. The average Bonchev–Trinajstić information content (AvgIpc) is 3.17. The molecule has 1 aromatic carbocycles. The Morgan fingerprint density at radius 1 is 1.40 bits per heavy atom. The summed E-state index contributed by atoms with van der Waals surface area (Å²) in [6, 6.07) is 7.34. The van der Waals surface area contributed by atoms with E-state index in [0.29, 0.717) is 19.6 Å². The van der Waals surface area contributed by atoms with E-state index < -0.39 is 6.04 Å². The third-order valence-electron chi connectivity index (χ3n) is 4.56. The molecule has 0 unspecified atom stereocenters. The van der Waals surface area contributed by atoms with Crippen LogP contribution in [0.5, 0.6) is 0 Å². The molecule has 2 amide bonds. The zero-order valence-corrected chi connectivity index (χ0v) is 14.5. The number of hydrogen-bond donors (Lipinski definition) is 0. The maximum atomic E-state index is 12.4. The normalized spacial score (nSPS) is 21.7. The van der Waals surface area contributed by atoms with Crippen LogP contribution in [0.3, 0.4) is 0 Å². The molecular weight excluding hydrogens is 320 g/mol. The molecule has 6 heteroatoms. The number of fused-ring (bicyclic) bond motifs is 2. The molecule has 0 aromatic heterocycles. The summed E-state index contributed by atoms with van der Waals surface area (Å²) in [5.74, 6) is -0.373. The Morgan fingerprint density at radius 3 is 2.92 bits per heavy atom. The number of hydroxylamine groups is 2. The topological polar surface area (TPSA) is 59.1 Å². The van der Waals surface area contributed by atoms with Crippen LogP contribution >= 0.6 is 0 Å². The van der Waals surface area contributed by atoms with Crippen LogP contribution < -0.4 is 0 Å². The van der Waals surface area contributed by atoms with E-state index in [9.17, 15) is 9.59 Å². The van der Waals surface area contributed by atoms with E-state index in [1.54, 1.807) is 0 Å². The van der Waals surface area contributed by atoms with Gasteiger partial charge < -0.3 is 9.64 Å². The number of rotatable bonds is 8. The second-order valence-electron chi connectivity index (χ2n) is 6.43. The first kappa shape index (κ1) is 17.5. The highest BCUT2D eigenvalue weighted by atomic mass is 16.7. The number of hydrogen-bond acceptors (Lipinski definition) is 4. The lowest BCUT2D eigenvalue weighted by Crippen LogP contribution is -2.48. The molecule has 6 nitrogen and oxygen atoms in total. The van der Waals surface area contributed by atoms with Gasteiger partial charge in [-0.05, 0) is 17.5 Å². The average molecular weight is 344 g/mol. The van der Waals surface area contributed by atoms with Gasteiger partial charge in [0.05, 0.1) is 6.04 Å². The molecule has 3 rings (SSSR count). The molecule has 2 aliphatic rings. The van der Waals surface area contributed by atoms with Gasteiger partial charge in [-0.15, -0.1) is 0 Å².